The summed E-state index contributed by atoms with van der Waals surface area (Å²) >= 11 is 5.95. The fourth-order valence-electron chi connectivity index (χ4n) is 1.13. The van der Waals surface area contributed by atoms with Gasteiger partial charge in [-0.05, 0) is 24.6 Å². The molecule has 0 amide bonds. The van der Waals surface area contributed by atoms with Crippen molar-refractivity contribution in [2.75, 3.05) is 7.11 Å². The maximum Gasteiger partial charge on any atom is 0.123 e. The molecule has 0 radical (unpaired) electrons. The highest BCUT2D eigenvalue weighted by Gasteiger charge is 2.05. The Morgan fingerprint density at radius 1 is 1.54 bits per heavy atom. The molecule has 0 aromatic heterocycles. The van der Waals surface area contributed by atoms with Crippen LogP contribution in [-0.4, -0.2) is 7.11 Å². The summed E-state index contributed by atoms with van der Waals surface area (Å²) in [5, 5.41) is 0.728. The standard InChI is InChI=1S/C9H13ClN2O/c1-6-3-9(13-2)7(5-12-11)4-8(6)10/h3-4,12H,5,11H2,1-2H3. The Balaban J connectivity index is 3.09. The SMILES string of the molecule is COc1cc(C)c(Cl)cc1CNN. The van der Waals surface area contributed by atoms with Gasteiger partial charge in [0.25, 0.3) is 0 Å². The lowest BCUT2D eigenvalue weighted by atomic mass is 10.1. The van der Waals surface area contributed by atoms with Gasteiger partial charge in [0.05, 0.1) is 7.11 Å². The molecule has 0 heterocycles. The van der Waals surface area contributed by atoms with Crippen molar-refractivity contribution >= 4 is 11.6 Å². The van der Waals surface area contributed by atoms with Crippen LogP contribution in [0.2, 0.25) is 5.02 Å². The average molecular weight is 201 g/mol. The molecule has 1 rings (SSSR count). The second-order valence-electron chi connectivity index (χ2n) is 2.79. The molecule has 0 saturated heterocycles. The Bertz CT molecular complexity index is 302. The van der Waals surface area contributed by atoms with Gasteiger partial charge in [0.1, 0.15) is 5.75 Å². The highest BCUT2D eigenvalue weighted by atomic mass is 35.5. The van der Waals surface area contributed by atoms with E-state index < -0.39 is 0 Å². The monoisotopic (exact) mass is 200 g/mol. The normalized spacial score (nSPS) is 10.2. The lowest BCUT2D eigenvalue weighted by molar-refractivity contribution is 0.407. The zero-order valence-electron chi connectivity index (χ0n) is 7.73. The molecule has 1 aromatic rings. The van der Waals surface area contributed by atoms with E-state index in [9.17, 15) is 0 Å². The third-order valence-corrected chi connectivity index (χ3v) is 2.26. The molecule has 4 heteroatoms. The van der Waals surface area contributed by atoms with Crippen LogP contribution in [0.1, 0.15) is 11.1 Å². The third kappa shape index (κ3) is 2.34. The number of nitrogens with two attached hydrogens (primary N) is 1. The van der Waals surface area contributed by atoms with Crippen LogP contribution < -0.4 is 16.0 Å². The summed E-state index contributed by atoms with van der Waals surface area (Å²) in [4.78, 5) is 0. The first-order valence-corrected chi connectivity index (χ1v) is 4.33. The maximum atomic E-state index is 5.95. The Labute approximate surface area is 82.8 Å². The van der Waals surface area contributed by atoms with E-state index in [1.807, 2.05) is 19.1 Å². The molecule has 0 fully saturated rings. The quantitative estimate of drug-likeness (QED) is 0.576. The summed E-state index contributed by atoms with van der Waals surface area (Å²) < 4.78 is 5.18. The molecule has 72 valence electrons. The summed E-state index contributed by atoms with van der Waals surface area (Å²) in [6, 6.07) is 3.75. The molecule has 0 unspecified atom stereocenters. The van der Waals surface area contributed by atoms with Crippen LogP contribution in [0.5, 0.6) is 5.75 Å². The smallest absolute Gasteiger partial charge is 0.123 e. The Hall–Kier alpha value is -0.770. The van der Waals surface area contributed by atoms with Crippen molar-refractivity contribution in [2.45, 2.75) is 13.5 Å². The van der Waals surface area contributed by atoms with Gasteiger partial charge in [-0.15, -0.1) is 0 Å². The highest BCUT2D eigenvalue weighted by molar-refractivity contribution is 6.31. The van der Waals surface area contributed by atoms with Crippen molar-refractivity contribution in [1.82, 2.24) is 5.43 Å². The first-order chi connectivity index (χ1) is 6.19. The molecule has 13 heavy (non-hydrogen) atoms. The van der Waals surface area contributed by atoms with Gasteiger partial charge in [-0.2, -0.15) is 0 Å². The van der Waals surface area contributed by atoms with Gasteiger partial charge in [-0.3, -0.25) is 11.3 Å². The third-order valence-electron chi connectivity index (χ3n) is 1.85. The van der Waals surface area contributed by atoms with Crippen molar-refractivity contribution in [1.29, 1.82) is 0 Å². The molecular weight excluding hydrogens is 188 g/mol. The summed E-state index contributed by atoms with van der Waals surface area (Å²) in [5.74, 6) is 6.03. The van der Waals surface area contributed by atoms with Gasteiger partial charge in [-0.25, -0.2) is 0 Å². The highest BCUT2D eigenvalue weighted by Crippen LogP contribution is 2.26. The van der Waals surface area contributed by atoms with E-state index in [0.717, 1.165) is 21.9 Å². The zero-order chi connectivity index (χ0) is 9.84. The van der Waals surface area contributed by atoms with Gasteiger partial charge < -0.3 is 4.74 Å². The number of hydrogen-bond donors (Lipinski definition) is 2. The molecule has 0 atom stereocenters. The van der Waals surface area contributed by atoms with Gasteiger partial charge >= 0.3 is 0 Å². The van der Waals surface area contributed by atoms with Gasteiger partial charge in [-0.1, -0.05) is 11.6 Å². The number of methoxy groups -OCH3 is 1. The largest absolute Gasteiger partial charge is 0.496 e. The minimum atomic E-state index is 0.545. The van der Waals surface area contributed by atoms with Crippen LogP contribution in [-0.2, 0) is 6.54 Å². The fraction of sp³-hybridized carbons (Fsp3) is 0.333. The van der Waals surface area contributed by atoms with E-state index in [-0.39, 0.29) is 0 Å². The lowest BCUT2D eigenvalue weighted by Crippen LogP contribution is -2.21. The van der Waals surface area contributed by atoms with Crippen molar-refractivity contribution in [2.24, 2.45) is 5.84 Å². The van der Waals surface area contributed by atoms with Crippen molar-refractivity contribution < 1.29 is 4.74 Å². The number of halogens is 1. The van der Waals surface area contributed by atoms with E-state index in [1.54, 1.807) is 7.11 Å². The number of nitrogens with one attached hydrogen (secondary N) is 1. The second kappa shape index (κ2) is 4.46. The summed E-state index contributed by atoms with van der Waals surface area (Å²) in [6.45, 7) is 2.48. The summed E-state index contributed by atoms with van der Waals surface area (Å²) in [5.41, 5.74) is 4.52. The fourth-order valence-corrected chi connectivity index (χ4v) is 1.32. The Morgan fingerprint density at radius 2 is 2.23 bits per heavy atom. The average Bonchev–Trinajstić information content (AvgIpc) is 2.11. The van der Waals surface area contributed by atoms with Crippen molar-refractivity contribution in [3.05, 3.63) is 28.3 Å². The first kappa shape index (κ1) is 10.3. The van der Waals surface area contributed by atoms with Crippen LogP contribution in [0.3, 0.4) is 0 Å². The van der Waals surface area contributed by atoms with Crippen LogP contribution in [0.4, 0.5) is 0 Å². The van der Waals surface area contributed by atoms with E-state index >= 15 is 0 Å². The maximum absolute atomic E-state index is 5.95. The molecule has 0 aliphatic carbocycles. The second-order valence-corrected chi connectivity index (χ2v) is 3.20. The summed E-state index contributed by atoms with van der Waals surface area (Å²) in [6.07, 6.45) is 0. The molecule has 1 aromatic carbocycles. The van der Waals surface area contributed by atoms with Crippen LogP contribution in [0.25, 0.3) is 0 Å². The van der Waals surface area contributed by atoms with E-state index in [4.69, 9.17) is 22.2 Å². The predicted molar refractivity (Wildman–Crippen MR) is 53.8 cm³/mol. The van der Waals surface area contributed by atoms with Gasteiger partial charge in [0.2, 0.25) is 0 Å². The molecule has 0 aliphatic rings. The number of aryl methyl sites for hydroxylation is 1. The number of ether oxygens (including phenoxy) is 1. The topological polar surface area (TPSA) is 47.3 Å². The van der Waals surface area contributed by atoms with Crippen molar-refractivity contribution in [3.63, 3.8) is 0 Å². The molecule has 3 nitrogen and oxygen atoms in total. The zero-order valence-corrected chi connectivity index (χ0v) is 8.48. The predicted octanol–water partition coefficient (Wildman–Crippen LogP) is 1.62. The molecule has 3 N–H and O–H groups in total. The number of benzene rings is 1. The number of hydrogen-bond acceptors (Lipinski definition) is 3. The Morgan fingerprint density at radius 3 is 2.77 bits per heavy atom. The molecular formula is C9H13ClN2O. The van der Waals surface area contributed by atoms with E-state index in [2.05, 4.69) is 5.43 Å². The number of rotatable bonds is 3. The minimum absolute atomic E-state index is 0.545. The molecule has 0 saturated carbocycles. The molecule has 0 aliphatic heterocycles. The van der Waals surface area contributed by atoms with Gasteiger partial charge in [0, 0.05) is 17.1 Å². The van der Waals surface area contributed by atoms with Crippen LogP contribution in [0.15, 0.2) is 12.1 Å². The first-order valence-electron chi connectivity index (χ1n) is 3.95. The summed E-state index contributed by atoms with van der Waals surface area (Å²) in [7, 11) is 1.63. The molecule has 0 bridgehead atoms. The van der Waals surface area contributed by atoms with Crippen LogP contribution in [0, 0.1) is 6.92 Å². The minimum Gasteiger partial charge on any atom is -0.496 e. The van der Waals surface area contributed by atoms with Crippen LogP contribution >= 0.6 is 11.6 Å². The van der Waals surface area contributed by atoms with Gasteiger partial charge in [0.15, 0.2) is 0 Å². The number of hydrazine groups is 1. The lowest BCUT2D eigenvalue weighted by Gasteiger charge is -2.09. The molecule has 0 spiro atoms. The Kier molecular flexibility index (Phi) is 3.54. The van der Waals surface area contributed by atoms with E-state index in [0.29, 0.717) is 6.54 Å². The van der Waals surface area contributed by atoms with E-state index in [1.165, 1.54) is 0 Å². The van der Waals surface area contributed by atoms with Crippen molar-refractivity contribution in [3.8, 4) is 5.75 Å².